The molecule has 156 valence electrons. The molecular weight excluding hydrogens is 392 g/mol. The van der Waals surface area contributed by atoms with Gasteiger partial charge in [0.05, 0.1) is 19.8 Å². The van der Waals surface area contributed by atoms with Gasteiger partial charge in [0.15, 0.2) is 18.1 Å². The molecule has 3 rings (SSSR count). The Hall–Kier alpha value is -4.08. The molecule has 1 aromatic heterocycles. The average Bonchev–Trinajstić information content (AvgIpc) is 3.25. The van der Waals surface area contributed by atoms with Gasteiger partial charge in [-0.25, -0.2) is 9.59 Å². The quantitative estimate of drug-likeness (QED) is 0.537. The van der Waals surface area contributed by atoms with Crippen molar-refractivity contribution in [2.24, 2.45) is 5.73 Å². The van der Waals surface area contributed by atoms with Crippen LogP contribution in [-0.4, -0.2) is 36.4 Å². The Morgan fingerprint density at radius 1 is 1.07 bits per heavy atom. The van der Waals surface area contributed by atoms with Crippen molar-refractivity contribution in [2.75, 3.05) is 14.2 Å². The van der Waals surface area contributed by atoms with E-state index in [9.17, 15) is 9.59 Å². The standard InChI is InChI=1S/C20H20N4O6/c1-27-15-8-7-14(9-16(15)28-2)18-23-17(30-24-18)11-29-19(25)13-5-3-12(4-6-13)10-22-20(21)26/h3-9H,10-11H2,1-2H3,(H3,21,22,26). The molecule has 10 heteroatoms. The molecule has 0 fully saturated rings. The smallest absolute Gasteiger partial charge is 0.338 e. The maximum Gasteiger partial charge on any atom is 0.338 e. The normalized spacial score (nSPS) is 10.3. The van der Waals surface area contributed by atoms with E-state index in [1.807, 2.05) is 0 Å². The summed E-state index contributed by atoms with van der Waals surface area (Å²) in [4.78, 5) is 27.1. The fourth-order valence-corrected chi connectivity index (χ4v) is 2.56. The number of ether oxygens (including phenoxy) is 3. The fraction of sp³-hybridized carbons (Fsp3) is 0.200. The van der Waals surface area contributed by atoms with E-state index in [0.717, 1.165) is 5.56 Å². The first kappa shape index (κ1) is 20.6. The number of esters is 1. The zero-order chi connectivity index (χ0) is 21.5. The molecule has 2 amide bonds. The number of amides is 2. The van der Waals surface area contributed by atoms with E-state index in [4.69, 9.17) is 24.5 Å². The number of nitrogens with zero attached hydrogens (tertiary/aromatic N) is 2. The van der Waals surface area contributed by atoms with Gasteiger partial charge in [0.25, 0.3) is 5.89 Å². The van der Waals surface area contributed by atoms with Crippen molar-refractivity contribution in [1.82, 2.24) is 15.5 Å². The van der Waals surface area contributed by atoms with Crippen molar-refractivity contribution in [3.63, 3.8) is 0 Å². The highest BCUT2D eigenvalue weighted by Gasteiger charge is 2.14. The molecule has 30 heavy (non-hydrogen) atoms. The van der Waals surface area contributed by atoms with Crippen molar-refractivity contribution < 1.29 is 28.3 Å². The maximum atomic E-state index is 12.2. The lowest BCUT2D eigenvalue weighted by atomic mass is 10.1. The number of benzene rings is 2. The van der Waals surface area contributed by atoms with Gasteiger partial charge in [-0.1, -0.05) is 17.3 Å². The number of aromatic nitrogens is 2. The summed E-state index contributed by atoms with van der Waals surface area (Å²) in [5.41, 5.74) is 6.82. The monoisotopic (exact) mass is 412 g/mol. The lowest BCUT2D eigenvalue weighted by molar-refractivity contribution is 0.0430. The predicted molar refractivity (Wildman–Crippen MR) is 105 cm³/mol. The Balaban J connectivity index is 1.60. The number of hydrogen-bond donors (Lipinski definition) is 2. The van der Waals surface area contributed by atoms with Crippen LogP contribution < -0.4 is 20.5 Å². The number of methoxy groups -OCH3 is 2. The van der Waals surface area contributed by atoms with E-state index in [1.165, 1.54) is 7.11 Å². The van der Waals surface area contributed by atoms with Crippen molar-refractivity contribution in [1.29, 1.82) is 0 Å². The van der Waals surface area contributed by atoms with Crippen LogP contribution in [0.4, 0.5) is 4.79 Å². The summed E-state index contributed by atoms with van der Waals surface area (Å²) < 4.78 is 20.8. The molecule has 0 aliphatic carbocycles. The van der Waals surface area contributed by atoms with Crippen LogP contribution in [0.15, 0.2) is 47.0 Å². The highest BCUT2D eigenvalue weighted by Crippen LogP contribution is 2.31. The van der Waals surface area contributed by atoms with E-state index >= 15 is 0 Å². The van der Waals surface area contributed by atoms with Gasteiger partial charge in [0, 0.05) is 12.1 Å². The third kappa shape index (κ3) is 5.04. The largest absolute Gasteiger partial charge is 0.493 e. The van der Waals surface area contributed by atoms with Crippen LogP contribution in [-0.2, 0) is 17.9 Å². The van der Waals surface area contributed by atoms with Crippen LogP contribution >= 0.6 is 0 Å². The summed E-state index contributed by atoms with van der Waals surface area (Å²) in [6.07, 6.45) is 0. The Kier molecular flexibility index (Phi) is 6.48. The number of carbonyl (C=O) groups excluding carboxylic acids is 2. The molecule has 0 spiro atoms. The summed E-state index contributed by atoms with van der Waals surface area (Å²) in [7, 11) is 3.08. The molecule has 2 aromatic carbocycles. The predicted octanol–water partition coefficient (Wildman–Crippen LogP) is 2.28. The number of nitrogens with one attached hydrogen (secondary N) is 1. The topological polar surface area (TPSA) is 139 Å². The molecule has 0 unspecified atom stereocenters. The van der Waals surface area contributed by atoms with Crippen LogP contribution in [0, 0.1) is 0 Å². The minimum absolute atomic E-state index is 0.149. The summed E-state index contributed by atoms with van der Waals surface area (Å²) in [6.45, 7) is 0.0929. The van der Waals surface area contributed by atoms with Crippen molar-refractivity contribution >= 4 is 12.0 Å². The second kappa shape index (κ2) is 9.41. The molecule has 0 bridgehead atoms. The zero-order valence-electron chi connectivity index (χ0n) is 16.4. The minimum Gasteiger partial charge on any atom is -0.493 e. The van der Waals surface area contributed by atoms with Gasteiger partial charge >= 0.3 is 12.0 Å². The fourth-order valence-electron chi connectivity index (χ4n) is 2.56. The van der Waals surface area contributed by atoms with Gasteiger partial charge in [-0.15, -0.1) is 0 Å². The second-order valence-electron chi connectivity index (χ2n) is 6.07. The molecule has 0 aliphatic rings. The van der Waals surface area contributed by atoms with E-state index < -0.39 is 12.0 Å². The van der Waals surface area contributed by atoms with Gasteiger partial charge in [-0.3, -0.25) is 0 Å². The number of nitrogens with two attached hydrogens (primary N) is 1. The van der Waals surface area contributed by atoms with Crippen LogP contribution in [0.5, 0.6) is 11.5 Å². The minimum atomic E-state index is -0.620. The highest BCUT2D eigenvalue weighted by molar-refractivity contribution is 5.89. The second-order valence-corrected chi connectivity index (χ2v) is 6.07. The highest BCUT2D eigenvalue weighted by atomic mass is 16.6. The van der Waals surface area contributed by atoms with Crippen LogP contribution in [0.2, 0.25) is 0 Å². The molecule has 0 radical (unpaired) electrons. The van der Waals surface area contributed by atoms with E-state index in [-0.39, 0.29) is 19.0 Å². The number of primary amides is 1. The molecule has 0 saturated heterocycles. The molecule has 3 aromatic rings. The molecule has 0 aliphatic heterocycles. The lowest BCUT2D eigenvalue weighted by Gasteiger charge is -2.07. The van der Waals surface area contributed by atoms with Crippen LogP contribution in [0.25, 0.3) is 11.4 Å². The molecular formula is C20H20N4O6. The lowest BCUT2D eigenvalue weighted by Crippen LogP contribution is -2.28. The van der Waals surface area contributed by atoms with Gasteiger partial charge in [-0.05, 0) is 35.9 Å². The molecule has 3 N–H and O–H groups in total. The Morgan fingerprint density at radius 3 is 2.47 bits per heavy atom. The maximum absolute atomic E-state index is 12.2. The van der Waals surface area contributed by atoms with E-state index in [1.54, 1.807) is 49.6 Å². The Labute approximate surface area is 171 Å². The van der Waals surface area contributed by atoms with E-state index in [2.05, 4.69) is 15.5 Å². The third-order valence-electron chi connectivity index (χ3n) is 4.09. The first-order valence-electron chi connectivity index (χ1n) is 8.84. The Morgan fingerprint density at radius 2 is 1.80 bits per heavy atom. The number of carbonyl (C=O) groups is 2. The van der Waals surface area contributed by atoms with Gasteiger partial charge in [0.1, 0.15) is 0 Å². The summed E-state index contributed by atoms with van der Waals surface area (Å²) in [5, 5.41) is 6.36. The van der Waals surface area contributed by atoms with Crippen molar-refractivity contribution in [2.45, 2.75) is 13.2 Å². The first-order valence-corrected chi connectivity index (χ1v) is 8.84. The number of urea groups is 1. The van der Waals surface area contributed by atoms with Crippen molar-refractivity contribution in [3.8, 4) is 22.9 Å². The summed E-state index contributed by atoms with van der Waals surface area (Å²) in [6, 6.07) is 11.1. The zero-order valence-corrected chi connectivity index (χ0v) is 16.4. The third-order valence-corrected chi connectivity index (χ3v) is 4.09. The van der Waals surface area contributed by atoms with Crippen molar-refractivity contribution in [3.05, 3.63) is 59.5 Å². The molecule has 0 saturated carbocycles. The average molecular weight is 412 g/mol. The number of hydrogen-bond acceptors (Lipinski definition) is 8. The van der Waals surface area contributed by atoms with Crippen LogP contribution in [0.3, 0.4) is 0 Å². The van der Waals surface area contributed by atoms with Gasteiger partial charge < -0.3 is 29.8 Å². The van der Waals surface area contributed by atoms with Gasteiger partial charge in [-0.2, -0.15) is 4.98 Å². The first-order chi connectivity index (χ1) is 14.5. The molecule has 0 atom stereocenters. The van der Waals surface area contributed by atoms with Crippen LogP contribution in [0.1, 0.15) is 21.8 Å². The molecule has 10 nitrogen and oxygen atoms in total. The SMILES string of the molecule is COc1ccc(-c2noc(COC(=O)c3ccc(CNC(N)=O)cc3)n2)cc1OC. The summed E-state index contributed by atoms with van der Waals surface area (Å²) in [5.74, 6) is 1.04. The Bertz CT molecular complexity index is 1030. The van der Waals surface area contributed by atoms with Gasteiger partial charge in [0.2, 0.25) is 5.82 Å². The number of rotatable bonds is 8. The summed E-state index contributed by atoms with van der Waals surface area (Å²) >= 11 is 0. The van der Waals surface area contributed by atoms with E-state index in [0.29, 0.717) is 28.5 Å². The molecule has 1 heterocycles.